The van der Waals surface area contributed by atoms with Gasteiger partial charge in [-0.3, -0.25) is 14.5 Å². The van der Waals surface area contributed by atoms with E-state index in [2.05, 4.69) is 50.5 Å². The zero-order valence-electron chi connectivity index (χ0n) is 12.3. The Labute approximate surface area is 171 Å². The zero-order valence-corrected chi connectivity index (χ0v) is 17.5. The second-order valence-electron chi connectivity index (χ2n) is 4.98. The molecule has 0 saturated carbocycles. The Morgan fingerprint density at radius 3 is 2.46 bits per heavy atom. The van der Waals surface area contributed by atoms with Crippen LogP contribution in [0.4, 0.5) is 10.5 Å². The van der Waals surface area contributed by atoms with Crippen LogP contribution in [0.15, 0.2) is 53.4 Å². The third-order valence-corrected chi connectivity index (χ3v) is 5.91. The second-order valence-corrected chi connectivity index (χ2v) is 8.38. The predicted octanol–water partition coefficient (Wildman–Crippen LogP) is 5.00. The lowest BCUT2D eigenvalue weighted by Gasteiger charge is -2.15. The van der Waals surface area contributed by atoms with E-state index in [9.17, 15) is 9.59 Å². The fourth-order valence-electron chi connectivity index (χ4n) is 2.12. The number of hydrogen-bond acceptors (Lipinski definition) is 4. The molecule has 1 heterocycles. The first kappa shape index (κ1) is 17.7. The lowest BCUT2D eigenvalue weighted by Crippen LogP contribution is -2.33. The van der Waals surface area contributed by atoms with E-state index in [0.717, 1.165) is 30.2 Å². The Hall–Kier alpha value is -1.07. The van der Waals surface area contributed by atoms with Gasteiger partial charge in [0, 0.05) is 12.8 Å². The highest BCUT2D eigenvalue weighted by Gasteiger charge is 2.34. The first-order valence-electron chi connectivity index (χ1n) is 7.04. The summed E-state index contributed by atoms with van der Waals surface area (Å²) in [5, 5.41) is 2.89. The van der Waals surface area contributed by atoms with Gasteiger partial charge in [-0.2, -0.15) is 0 Å². The first-order valence-corrected chi connectivity index (χ1v) is 10.0. The summed E-state index contributed by atoms with van der Waals surface area (Å²) in [6.45, 7) is 0.161. The molecule has 1 saturated heterocycles. The van der Waals surface area contributed by atoms with Crippen molar-refractivity contribution in [3.05, 3.63) is 66.1 Å². The minimum atomic E-state index is -0.262. The summed E-state index contributed by atoms with van der Waals surface area (Å²) in [6.07, 6.45) is 1.76. The highest BCUT2D eigenvalue weighted by Crippen LogP contribution is 2.32. The number of anilines is 1. The van der Waals surface area contributed by atoms with Gasteiger partial charge in [0.15, 0.2) is 0 Å². The molecule has 2 aromatic rings. The number of nitrogens with one attached hydrogen (secondary N) is 1. The topological polar surface area (TPSA) is 49.4 Å². The molecule has 3 rings (SSSR count). The Morgan fingerprint density at radius 1 is 1.04 bits per heavy atom. The molecular weight excluding hydrogens is 550 g/mol. The highest BCUT2D eigenvalue weighted by atomic mass is 127. The third-order valence-electron chi connectivity index (χ3n) is 3.34. The molecule has 1 aliphatic heterocycles. The van der Waals surface area contributed by atoms with Crippen LogP contribution in [0.1, 0.15) is 5.56 Å². The molecule has 0 atom stereocenters. The lowest BCUT2D eigenvalue weighted by atomic mass is 10.2. The molecule has 24 heavy (non-hydrogen) atoms. The summed E-state index contributed by atoms with van der Waals surface area (Å²) < 4.78 is 2.16. The summed E-state index contributed by atoms with van der Waals surface area (Å²) in [5.41, 5.74) is 1.81. The van der Waals surface area contributed by atoms with Crippen molar-refractivity contribution in [2.24, 2.45) is 0 Å². The third kappa shape index (κ3) is 4.12. The van der Waals surface area contributed by atoms with Crippen LogP contribution in [0, 0.1) is 7.14 Å². The smallest absolute Gasteiger partial charge is 0.295 e. The zero-order chi connectivity index (χ0) is 17.1. The van der Waals surface area contributed by atoms with Crippen LogP contribution in [0.25, 0.3) is 6.08 Å². The van der Waals surface area contributed by atoms with Crippen LogP contribution in [-0.4, -0.2) is 22.7 Å². The summed E-state index contributed by atoms with van der Waals surface area (Å²) in [7, 11) is 0. The Balaban J connectivity index is 1.72. The Morgan fingerprint density at radius 2 is 1.75 bits per heavy atom. The van der Waals surface area contributed by atoms with Crippen molar-refractivity contribution in [2.45, 2.75) is 0 Å². The molecule has 1 fully saturated rings. The highest BCUT2D eigenvalue weighted by molar-refractivity contribution is 14.1. The van der Waals surface area contributed by atoms with Crippen LogP contribution in [0.2, 0.25) is 0 Å². The van der Waals surface area contributed by atoms with Crippen molar-refractivity contribution in [1.29, 1.82) is 0 Å². The van der Waals surface area contributed by atoms with Gasteiger partial charge in [-0.25, -0.2) is 0 Å². The van der Waals surface area contributed by atoms with Gasteiger partial charge in [0.05, 0.1) is 11.6 Å². The normalized spacial score (nSPS) is 16.1. The molecule has 122 valence electrons. The fraction of sp³-hybridized carbons (Fsp3) is 0.0588. The molecule has 0 spiro atoms. The van der Waals surface area contributed by atoms with Crippen molar-refractivity contribution in [1.82, 2.24) is 4.90 Å². The van der Waals surface area contributed by atoms with Crippen molar-refractivity contribution >= 4 is 79.9 Å². The van der Waals surface area contributed by atoms with Gasteiger partial charge in [0.2, 0.25) is 0 Å². The van der Waals surface area contributed by atoms with E-state index in [4.69, 9.17) is 0 Å². The maximum absolute atomic E-state index is 12.5. The van der Waals surface area contributed by atoms with E-state index < -0.39 is 0 Å². The number of nitrogens with zero attached hydrogens (tertiary/aromatic N) is 1. The quantitative estimate of drug-likeness (QED) is 0.421. The average molecular weight is 562 g/mol. The molecule has 4 nitrogen and oxygen atoms in total. The molecule has 0 unspecified atom stereocenters. The number of imide groups is 1. The molecule has 0 bridgehead atoms. The van der Waals surface area contributed by atoms with Gasteiger partial charge in [0.25, 0.3) is 11.1 Å². The van der Waals surface area contributed by atoms with Crippen LogP contribution >= 0.6 is 56.9 Å². The van der Waals surface area contributed by atoms with Crippen molar-refractivity contribution in [3.8, 4) is 0 Å². The molecule has 1 N–H and O–H groups in total. The number of carbonyl (C=O) groups excluding carboxylic acids is 2. The van der Waals surface area contributed by atoms with Crippen molar-refractivity contribution in [3.63, 3.8) is 0 Å². The number of carbonyl (C=O) groups is 2. The van der Waals surface area contributed by atoms with E-state index in [-0.39, 0.29) is 17.8 Å². The van der Waals surface area contributed by atoms with Crippen LogP contribution in [0.5, 0.6) is 0 Å². The minimum absolute atomic E-state index is 0.161. The number of thioether (sulfide) groups is 1. The largest absolute Gasteiger partial charge is 0.366 e. The summed E-state index contributed by atoms with van der Waals surface area (Å²) >= 11 is 5.41. The van der Waals surface area contributed by atoms with Crippen LogP contribution < -0.4 is 5.32 Å². The summed E-state index contributed by atoms with van der Waals surface area (Å²) in [6, 6.07) is 15.5. The number of para-hydroxylation sites is 1. The van der Waals surface area contributed by atoms with Crippen molar-refractivity contribution in [2.75, 3.05) is 12.0 Å². The average Bonchev–Trinajstić information content (AvgIpc) is 2.83. The van der Waals surface area contributed by atoms with Gasteiger partial charge in [-0.15, -0.1) is 0 Å². The van der Waals surface area contributed by atoms with Gasteiger partial charge in [-0.1, -0.05) is 24.3 Å². The molecule has 7 heteroatoms. The number of halogens is 2. The Kier molecular flexibility index (Phi) is 5.82. The predicted molar refractivity (Wildman–Crippen MR) is 115 cm³/mol. The fourth-order valence-corrected chi connectivity index (χ4v) is 3.89. The van der Waals surface area contributed by atoms with Gasteiger partial charge in [-0.05, 0) is 92.8 Å². The maximum Gasteiger partial charge on any atom is 0.295 e. The minimum Gasteiger partial charge on any atom is -0.366 e. The SMILES string of the molecule is O=C1S/C(=C/c2ccc(I)cc2)C(=O)N1CNc1ccccc1I. The Bertz CT molecular complexity index is 822. The van der Waals surface area contributed by atoms with Gasteiger partial charge in [0.1, 0.15) is 0 Å². The van der Waals surface area contributed by atoms with E-state index in [1.807, 2.05) is 48.5 Å². The number of rotatable bonds is 4. The summed E-state index contributed by atoms with van der Waals surface area (Å²) in [4.78, 5) is 26.3. The molecule has 2 aromatic carbocycles. The molecule has 0 aliphatic carbocycles. The molecule has 0 radical (unpaired) electrons. The lowest BCUT2D eigenvalue weighted by molar-refractivity contribution is -0.122. The number of amides is 2. The van der Waals surface area contributed by atoms with E-state index in [0.29, 0.717) is 4.91 Å². The summed E-state index contributed by atoms with van der Waals surface area (Å²) in [5.74, 6) is -0.262. The first-order chi connectivity index (χ1) is 11.5. The standard InChI is InChI=1S/C17H12I2N2O2S/c18-12-7-5-11(6-8-12)9-15-16(22)21(17(23)24-15)10-20-14-4-2-1-3-13(14)19/h1-9,20H,10H2/b15-9+. The molecular formula is C17H12I2N2O2S. The van der Waals surface area contributed by atoms with E-state index in [1.165, 1.54) is 4.90 Å². The number of hydrogen-bond donors (Lipinski definition) is 1. The maximum atomic E-state index is 12.5. The van der Waals surface area contributed by atoms with Crippen LogP contribution in [-0.2, 0) is 4.79 Å². The molecule has 1 aliphatic rings. The van der Waals surface area contributed by atoms with E-state index >= 15 is 0 Å². The van der Waals surface area contributed by atoms with Crippen molar-refractivity contribution < 1.29 is 9.59 Å². The second kappa shape index (κ2) is 7.87. The van der Waals surface area contributed by atoms with E-state index in [1.54, 1.807) is 6.08 Å². The molecule has 0 aromatic heterocycles. The van der Waals surface area contributed by atoms with Crippen LogP contribution in [0.3, 0.4) is 0 Å². The molecule has 2 amide bonds. The monoisotopic (exact) mass is 562 g/mol. The van der Waals surface area contributed by atoms with Gasteiger partial charge < -0.3 is 5.32 Å². The van der Waals surface area contributed by atoms with Gasteiger partial charge >= 0.3 is 0 Å². The number of benzene rings is 2.